The molecule has 0 amide bonds. The number of aryl methyl sites for hydroxylation is 3. The summed E-state index contributed by atoms with van der Waals surface area (Å²) in [6.07, 6.45) is 4.18. The minimum absolute atomic E-state index is 0.994. The molecule has 0 aromatic carbocycles. The lowest BCUT2D eigenvalue weighted by Gasteiger charge is -2.04. The van der Waals surface area contributed by atoms with Gasteiger partial charge in [-0.15, -0.1) is 11.3 Å². The van der Waals surface area contributed by atoms with Crippen LogP contribution in [0.5, 0.6) is 0 Å². The van der Waals surface area contributed by atoms with E-state index in [1.165, 1.54) is 21.7 Å². The van der Waals surface area contributed by atoms with Crippen LogP contribution in [0.4, 0.5) is 0 Å². The van der Waals surface area contributed by atoms with E-state index < -0.39 is 0 Å². The lowest BCUT2D eigenvalue weighted by Crippen LogP contribution is -2.15. The van der Waals surface area contributed by atoms with Crippen molar-refractivity contribution < 1.29 is 0 Å². The summed E-state index contributed by atoms with van der Waals surface area (Å²) in [5, 5.41) is 12.6. The van der Waals surface area contributed by atoms with Gasteiger partial charge in [0.25, 0.3) is 0 Å². The van der Waals surface area contributed by atoms with Crippen molar-refractivity contribution in [2.24, 2.45) is 0 Å². The molecule has 2 N–H and O–H groups in total. The Balaban J connectivity index is 1.64. The summed E-state index contributed by atoms with van der Waals surface area (Å²) in [6, 6.07) is 2.18. The van der Waals surface area contributed by atoms with E-state index in [-0.39, 0.29) is 0 Å². The normalized spacial score (nSPS) is 10.9. The molecule has 2 aromatic rings. The first-order valence-corrected chi connectivity index (χ1v) is 6.88. The van der Waals surface area contributed by atoms with Crippen LogP contribution in [-0.2, 0) is 13.0 Å². The molecule has 0 radical (unpaired) electrons. The van der Waals surface area contributed by atoms with Gasteiger partial charge in [-0.2, -0.15) is 5.10 Å². The molecular weight excluding hydrogens is 230 g/mol. The van der Waals surface area contributed by atoms with Gasteiger partial charge in [0.2, 0.25) is 0 Å². The fourth-order valence-electron chi connectivity index (χ4n) is 1.82. The first-order valence-electron chi connectivity index (χ1n) is 6.00. The summed E-state index contributed by atoms with van der Waals surface area (Å²) in [6.45, 7) is 6.29. The summed E-state index contributed by atoms with van der Waals surface area (Å²) >= 11 is 1.83. The maximum atomic E-state index is 4.03. The molecule has 2 heterocycles. The van der Waals surface area contributed by atoms with E-state index in [1.54, 1.807) is 0 Å². The molecule has 0 saturated carbocycles. The van der Waals surface area contributed by atoms with Crippen molar-refractivity contribution in [3.63, 3.8) is 0 Å². The van der Waals surface area contributed by atoms with Gasteiger partial charge in [-0.25, -0.2) is 0 Å². The highest BCUT2D eigenvalue weighted by molar-refractivity contribution is 7.10. The monoisotopic (exact) mass is 249 g/mol. The van der Waals surface area contributed by atoms with Crippen LogP contribution < -0.4 is 5.32 Å². The second-order valence-corrected chi connectivity index (χ2v) is 5.33. The fraction of sp³-hybridized carbons (Fsp3) is 0.462. The standard InChI is InChI=1S/C13H19N3S/c1-10-5-7-17-13(10)9-14-6-3-4-12-8-15-16-11(12)2/h5,7-8,14H,3-4,6,9H2,1-2H3,(H,15,16). The predicted octanol–water partition coefficient (Wildman–Crippen LogP) is 2.81. The fourth-order valence-corrected chi connectivity index (χ4v) is 2.69. The van der Waals surface area contributed by atoms with E-state index in [0.29, 0.717) is 0 Å². The van der Waals surface area contributed by atoms with E-state index in [0.717, 1.165) is 25.9 Å². The number of aromatic nitrogens is 2. The minimum atomic E-state index is 0.994. The van der Waals surface area contributed by atoms with Crippen LogP contribution in [0.3, 0.4) is 0 Å². The zero-order valence-corrected chi connectivity index (χ0v) is 11.2. The van der Waals surface area contributed by atoms with Crippen molar-refractivity contribution in [2.75, 3.05) is 6.54 Å². The third kappa shape index (κ3) is 3.41. The molecule has 0 fully saturated rings. The van der Waals surface area contributed by atoms with Crippen molar-refractivity contribution in [3.05, 3.63) is 39.3 Å². The Bertz CT molecular complexity index is 416. The van der Waals surface area contributed by atoms with E-state index >= 15 is 0 Å². The third-order valence-electron chi connectivity index (χ3n) is 2.99. The van der Waals surface area contributed by atoms with Crippen molar-refractivity contribution in [3.8, 4) is 0 Å². The SMILES string of the molecule is Cc1ccsc1CNCCCc1cn[nH]c1C. The van der Waals surface area contributed by atoms with Crippen molar-refractivity contribution in [1.29, 1.82) is 0 Å². The van der Waals surface area contributed by atoms with Gasteiger partial charge in [0, 0.05) is 17.1 Å². The molecule has 2 rings (SSSR count). The molecule has 2 aromatic heterocycles. The van der Waals surface area contributed by atoms with Gasteiger partial charge < -0.3 is 5.32 Å². The molecule has 0 aliphatic heterocycles. The lowest BCUT2D eigenvalue weighted by molar-refractivity contribution is 0.652. The first kappa shape index (κ1) is 12.3. The molecule has 0 aliphatic rings. The summed E-state index contributed by atoms with van der Waals surface area (Å²) < 4.78 is 0. The maximum Gasteiger partial charge on any atom is 0.0522 e. The van der Waals surface area contributed by atoms with Crippen LogP contribution in [0.25, 0.3) is 0 Å². The smallest absolute Gasteiger partial charge is 0.0522 e. The Labute approximate surface area is 106 Å². The van der Waals surface area contributed by atoms with Crippen LogP contribution >= 0.6 is 11.3 Å². The number of H-pyrrole nitrogens is 1. The number of aromatic amines is 1. The van der Waals surface area contributed by atoms with E-state index in [9.17, 15) is 0 Å². The molecule has 0 aliphatic carbocycles. The summed E-state index contributed by atoms with van der Waals surface area (Å²) in [7, 11) is 0. The quantitative estimate of drug-likeness (QED) is 0.773. The first-order chi connectivity index (χ1) is 8.27. The molecular formula is C13H19N3S. The zero-order chi connectivity index (χ0) is 12.1. The van der Waals surface area contributed by atoms with Gasteiger partial charge in [0.05, 0.1) is 6.20 Å². The Morgan fingerprint density at radius 3 is 2.94 bits per heavy atom. The molecule has 0 saturated heterocycles. The Morgan fingerprint density at radius 2 is 2.29 bits per heavy atom. The Hall–Kier alpha value is -1.13. The van der Waals surface area contributed by atoms with Crippen LogP contribution in [0.1, 0.15) is 28.1 Å². The topological polar surface area (TPSA) is 40.7 Å². The third-order valence-corrected chi connectivity index (χ3v) is 4.01. The van der Waals surface area contributed by atoms with Gasteiger partial charge >= 0.3 is 0 Å². The van der Waals surface area contributed by atoms with Crippen LogP contribution in [0, 0.1) is 13.8 Å². The number of rotatable bonds is 6. The van der Waals surface area contributed by atoms with Crippen LogP contribution in [0.2, 0.25) is 0 Å². The van der Waals surface area contributed by atoms with Crippen molar-refractivity contribution in [2.45, 2.75) is 33.2 Å². The van der Waals surface area contributed by atoms with E-state index in [2.05, 4.69) is 40.8 Å². The number of hydrogen-bond acceptors (Lipinski definition) is 3. The minimum Gasteiger partial charge on any atom is -0.312 e. The van der Waals surface area contributed by atoms with Crippen molar-refractivity contribution >= 4 is 11.3 Å². The highest BCUT2D eigenvalue weighted by Crippen LogP contribution is 2.14. The van der Waals surface area contributed by atoms with Gasteiger partial charge in [0.15, 0.2) is 0 Å². The molecule has 0 atom stereocenters. The highest BCUT2D eigenvalue weighted by atomic mass is 32.1. The van der Waals surface area contributed by atoms with Gasteiger partial charge in [0.1, 0.15) is 0 Å². The lowest BCUT2D eigenvalue weighted by atomic mass is 10.1. The average Bonchev–Trinajstić information content (AvgIpc) is 2.89. The summed E-state index contributed by atoms with van der Waals surface area (Å²) in [5.41, 5.74) is 3.92. The molecule has 0 unspecified atom stereocenters. The Morgan fingerprint density at radius 1 is 1.41 bits per heavy atom. The van der Waals surface area contributed by atoms with E-state index in [1.807, 2.05) is 17.5 Å². The molecule has 92 valence electrons. The average molecular weight is 249 g/mol. The largest absolute Gasteiger partial charge is 0.312 e. The maximum absolute atomic E-state index is 4.03. The second-order valence-electron chi connectivity index (χ2n) is 4.33. The van der Waals surface area contributed by atoms with Gasteiger partial charge in [-0.05, 0) is 55.8 Å². The molecule has 0 spiro atoms. The molecule has 0 bridgehead atoms. The van der Waals surface area contributed by atoms with Crippen LogP contribution in [0.15, 0.2) is 17.6 Å². The van der Waals surface area contributed by atoms with Gasteiger partial charge in [-0.3, -0.25) is 5.10 Å². The summed E-state index contributed by atoms with van der Waals surface area (Å²) in [4.78, 5) is 1.45. The Kier molecular flexibility index (Phi) is 4.34. The molecule has 17 heavy (non-hydrogen) atoms. The number of nitrogens with zero attached hydrogens (tertiary/aromatic N) is 1. The van der Waals surface area contributed by atoms with Crippen LogP contribution in [-0.4, -0.2) is 16.7 Å². The molecule has 4 heteroatoms. The number of thiophene rings is 1. The highest BCUT2D eigenvalue weighted by Gasteiger charge is 2.01. The van der Waals surface area contributed by atoms with Gasteiger partial charge in [-0.1, -0.05) is 0 Å². The number of hydrogen-bond donors (Lipinski definition) is 2. The van der Waals surface area contributed by atoms with Crippen molar-refractivity contribution in [1.82, 2.24) is 15.5 Å². The second kappa shape index (κ2) is 5.98. The molecule has 3 nitrogen and oxygen atoms in total. The summed E-state index contributed by atoms with van der Waals surface area (Å²) in [5.74, 6) is 0. The zero-order valence-electron chi connectivity index (χ0n) is 10.4. The van der Waals surface area contributed by atoms with E-state index in [4.69, 9.17) is 0 Å². The number of nitrogens with one attached hydrogen (secondary N) is 2. The predicted molar refractivity (Wildman–Crippen MR) is 72.4 cm³/mol.